The molecule has 1 unspecified atom stereocenters. The molecular formula is C15H21NO3S. The SMILES string of the molecule is CCOc1ccccc1C(=O)NCC1(OC)CCSC1. The van der Waals surface area contributed by atoms with Gasteiger partial charge in [0.1, 0.15) is 5.75 Å². The van der Waals surface area contributed by atoms with Crippen LogP contribution in [0.3, 0.4) is 0 Å². The molecule has 0 saturated carbocycles. The van der Waals surface area contributed by atoms with E-state index < -0.39 is 0 Å². The van der Waals surface area contributed by atoms with E-state index in [9.17, 15) is 4.79 Å². The van der Waals surface area contributed by atoms with Gasteiger partial charge in [-0.1, -0.05) is 12.1 Å². The lowest BCUT2D eigenvalue weighted by atomic mass is 10.0. The third-order valence-corrected chi connectivity index (χ3v) is 4.73. The summed E-state index contributed by atoms with van der Waals surface area (Å²) in [5.41, 5.74) is 0.354. The molecule has 0 aromatic heterocycles. The summed E-state index contributed by atoms with van der Waals surface area (Å²) in [4.78, 5) is 12.3. The Labute approximate surface area is 124 Å². The number of nitrogens with one attached hydrogen (secondary N) is 1. The zero-order chi connectivity index (χ0) is 14.4. The summed E-state index contributed by atoms with van der Waals surface area (Å²) in [5.74, 6) is 2.53. The van der Waals surface area contributed by atoms with E-state index in [1.807, 2.05) is 36.9 Å². The molecular weight excluding hydrogens is 274 g/mol. The molecule has 1 amide bonds. The van der Waals surface area contributed by atoms with Crippen molar-refractivity contribution >= 4 is 17.7 Å². The van der Waals surface area contributed by atoms with Gasteiger partial charge in [0.05, 0.1) is 17.8 Å². The van der Waals surface area contributed by atoms with E-state index in [0.29, 0.717) is 24.5 Å². The largest absolute Gasteiger partial charge is 0.493 e. The molecule has 1 heterocycles. The van der Waals surface area contributed by atoms with Crippen molar-refractivity contribution in [3.63, 3.8) is 0 Å². The number of hydrogen-bond donors (Lipinski definition) is 1. The molecule has 0 radical (unpaired) electrons. The number of ether oxygens (including phenoxy) is 2. The van der Waals surface area contributed by atoms with Crippen molar-refractivity contribution in [2.75, 3.05) is 31.8 Å². The zero-order valence-corrected chi connectivity index (χ0v) is 12.8. The summed E-state index contributed by atoms with van der Waals surface area (Å²) >= 11 is 1.86. The van der Waals surface area contributed by atoms with Crippen LogP contribution in [0.5, 0.6) is 5.75 Å². The zero-order valence-electron chi connectivity index (χ0n) is 12.0. The van der Waals surface area contributed by atoms with Gasteiger partial charge in [0.15, 0.2) is 0 Å². The molecule has 110 valence electrons. The number of amides is 1. The summed E-state index contributed by atoms with van der Waals surface area (Å²) in [5, 5.41) is 2.97. The van der Waals surface area contributed by atoms with Gasteiger partial charge in [0.2, 0.25) is 0 Å². The number of thioether (sulfide) groups is 1. The number of para-hydroxylation sites is 1. The van der Waals surface area contributed by atoms with Gasteiger partial charge in [-0.2, -0.15) is 11.8 Å². The molecule has 4 nitrogen and oxygen atoms in total. The fourth-order valence-electron chi connectivity index (χ4n) is 2.23. The minimum Gasteiger partial charge on any atom is -0.493 e. The van der Waals surface area contributed by atoms with Crippen molar-refractivity contribution in [3.05, 3.63) is 29.8 Å². The quantitative estimate of drug-likeness (QED) is 0.875. The lowest BCUT2D eigenvalue weighted by molar-refractivity contribution is 0.0137. The number of methoxy groups -OCH3 is 1. The topological polar surface area (TPSA) is 47.6 Å². The molecule has 1 aliphatic rings. The summed E-state index contributed by atoms with van der Waals surface area (Å²) in [7, 11) is 1.71. The van der Waals surface area contributed by atoms with Crippen LogP contribution in [0.1, 0.15) is 23.7 Å². The molecule has 0 spiro atoms. The van der Waals surface area contributed by atoms with Crippen molar-refractivity contribution in [3.8, 4) is 5.75 Å². The predicted octanol–water partition coefficient (Wildman–Crippen LogP) is 2.34. The second-order valence-corrected chi connectivity index (χ2v) is 5.91. The van der Waals surface area contributed by atoms with Crippen molar-refractivity contribution in [1.82, 2.24) is 5.32 Å². The highest BCUT2D eigenvalue weighted by Gasteiger charge is 2.34. The van der Waals surface area contributed by atoms with Gasteiger partial charge < -0.3 is 14.8 Å². The highest BCUT2D eigenvalue weighted by atomic mass is 32.2. The van der Waals surface area contributed by atoms with E-state index >= 15 is 0 Å². The minimum absolute atomic E-state index is 0.109. The number of rotatable bonds is 6. The summed E-state index contributed by atoms with van der Waals surface area (Å²) in [6.07, 6.45) is 0.974. The molecule has 0 bridgehead atoms. The standard InChI is InChI=1S/C15H21NO3S/c1-3-19-13-7-5-4-6-12(13)14(17)16-10-15(18-2)8-9-20-11-15/h4-7H,3,8-11H2,1-2H3,(H,16,17). The third kappa shape index (κ3) is 3.46. The van der Waals surface area contributed by atoms with Crippen molar-refractivity contribution in [2.45, 2.75) is 18.9 Å². The molecule has 1 N–H and O–H groups in total. The number of benzene rings is 1. The first-order valence-corrected chi connectivity index (χ1v) is 7.99. The molecule has 0 aliphatic carbocycles. The second kappa shape index (κ2) is 6.99. The Bertz CT molecular complexity index is 458. The highest BCUT2D eigenvalue weighted by molar-refractivity contribution is 7.99. The average molecular weight is 295 g/mol. The molecule has 5 heteroatoms. The molecule has 20 heavy (non-hydrogen) atoms. The first kappa shape index (κ1) is 15.2. The molecule has 1 saturated heterocycles. The smallest absolute Gasteiger partial charge is 0.255 e. The number of hydrogen-bond acceptors (Lipinski definition) is 4. The van der Waals surface area contributed by atoms with Crippen LogP contribution in [0.15, 0.2) is 24.3 Å². The van der Waals surface area contributed by atoms with Gasteiger partial charge in [-0.3, -0.25) is 4.79 Å². The average Bonchev–Trinajstić information content (AvgIpc) is 2.95. The first-order chi connectivity index (χ1) is 9.71. The van der Waals surface area contributed by atoms with Crippen LogP contribution in [0.2, 0.25) is 0 Å². The van der Waals surface area contributed by atoms with Crippen LogP contribution in [0.4, 0.5) is 0 Å². The van der Waals surface area contributed by atoms with E-state index in [1.54, 1.807) is 13.2 Å². The van der Waals surface area contributed by atoms with Gasteiger partial charge in [0, 0.05) is 19.4 Å². The number of carbonyl (C=O) groups excluding carboxylic acids is 1. The molecule has 1 aromatic rings. The Kier molecular flexibility index (Phi) is 5.31. The van der Waals surface area contributed by atoms with Gasteiger partial charge in [0.25, 0.3) is 5.91 Å². The fourth-order valence-corrected chi connectivity index (χ4v) is 3.63. The lowest BCUT2D eigenvalue weighted by Gasteiger charge is -2.26. The molecule has 1 aliphatic heterocycles. The van der Waals surface area contributed by atoms with Crippen LogP contribution in [-0.2, 0) is 4.74 Å². The van der Waals surface area contributed by atoms with Crippen molar-refractivity contribution in [2.24, 2.45) is 0 Å². The molecule has 1 atom stereocenters. The molecule has 1 aromatic carbocycles. The van der Waals surface area contributed by atoms with Crippen LogP contribution in [-0.4, -0.2) is 43.3 Å². The van der Waals surface area contributed by atoms with E-state index in [0.717, 1.165) is 17.9 Å². The summed E-state index contributed by atoms with van der Waals surface area (Å²) in [6, 6.07) is 7.31. The van der Waals surface area contributed by atoms with E-state index in [4.69, 9.17) is 9.47 Å². The summed E-state index contributed by atoms with van der Waals surface area (Å²) < 4.78 is 11.1. The third-order valence-electron chi connectivity index (χ3n) is 3.50. The maximum Gasteiger partial charge on any atom is 0.255 e. The predicted molar refractivity (Wildman–Crippen MR) is 81.6 cm³/mol. The second-order valence-electron chi connectivity index (χ2n) is 4.80. The Morgan fingerprint density at radius 1 is 1.45 bits per heavy atom. The highest BCUT2D eigenvalue weighted by Crippen LogP contribution is 2.30. The maximum atomic E-state index is 12.3. The van der Waals surface area contributed by atoms with Crippen molar-refractivity contribution < 1.29 is 14.3 Å². The van der Waals surface area contributed by atoms with Crippen LogP contribution in [0, 0.1) is 0 Å². The van der Waals surface area contributed by atoms with E-state index in [-0.39, 0.29) is 11.5 Å². The van der Waals surface area contributed by atoms with Gasteiger partial charge in [-0.05, 0) is 31.2 Å². The van der Waals surface area contributed by atoms with Crippen LogP contribution < -0.4 is 10.1 Å². The normalized spacial score (nSPS) is 21.7. The van der Waals surface area contributed by atoms with E-state index in [2.05, 4.69) is 5.32 Å². The first-order valence-electron chi connectivity index (χ1n) is 6.84. The van der Waals surface area contributed by atoms with Gasteiger partial charge >= 0.3 is 0 Å². The van der Waals surface area contributed by atoms with Crippen LogP contribution in [0.25, 0.3) is 0 Å². The van der Waals surface area contributed by atoms with Gasteiger partial charge in [-0.15, -0.1) is 0 Å². The Hall–Kier alpha value is -1.20. The van der Waals surface area contributed by atoms with E-state index in [1.165, 1.54) is 0 Å². The monoisotopic (exact) mass is 295 g/mol. The number of carbonyl (C=O) groups is 1. The Balaban J connectivity index is 2.01. The van der Waals surface area contributed by atoms with Crippen LogP contribution >= 0.6 is 11.8 Å². The minimum atomic E-state index is -0.221. The Morgan fingerprint density at radius 2 is 2.25 bits per heavy atom. The molecule has 2 rings (SSSR count). The van der Waals surface area contributed by atoms with Crippen molar-refractivity contribution in [1.29, 1.82) is 0 Å². The maximum absolute atomic E-state index is 12.3. The molecule has 1 fully saturated rings. The summed E-state index contributed by atoms with van der Waals surface area (Å²) in [6.45, 7) is 2.99. The van der Waals surface area contributed by atoms with Gasteiger partial charge in [-0.25, -0.2) is 0 Å². The fraction of sp³-hybridized carbons (Fsp3) is 0.533. The Morgan fingerprint density at radius 3 is 2.90 bits per heavy atom. The lowest BCUT2D eigenvalue weighted by Crippen LogP contribution is -2.44.